The number of H-pyrrole nitrogens is 1. The third-order valence-corrected chi connectivity index (χ3v) is 2.08. The Morgan fingerprint density at radius 1 is 1.29 bits per heavy atom. The number of nitrogens with one attached hydrogen (secondary N) is 2. The summed E-state index contributed by atoms with van der Waals surface area (Å²) in [5.41, 5.74) is 0.984. The summed E-state index contributed by atoms with van der Waals surface area (Å²) in [5.74, 6) is 1.77. The van der Waals surface area contributed by atoms with Crippen molar-refractivity contribution in [2.45, 2.75) is 6.92 Å². The molecular formula is C10H10ClN3. The number of halogens is 1. The van der Waals surface area contributed by atoms with Crippen LogP contribution >= 0.6 is 11.6 Å². The average Bonchev–Trinajstić information content (AvgIpc) is 2.56. The molecule has 1 aromatic carbocycles. The molecule has 0 amide bonds. The predicted octanol–water partition coefficient (Wildman–Crippen LogP) is 3.12. The van der Waals surface area contributed by atoms with Crippen molar-refractivity contribution in [1.29, 1.82) is 0 Å². The van der Waals surface area contributed by atoms with Crippen LogP contribution in [-0.2, 0) is 0 Å². The van der Waals surface area contributed by atoms with Crippen molar-refractivity contribution in [3.05, 3.63) is 41.3 Å². The van der Waals surface area contributed by atoms with Crippen LogP contribution in [0.5, 0.6) is 0 Å². The Balaban J connectivity index is 2.15. The lowest BCUT2D eigenvalue weighted by atomic mass is 10.3. The maximum Gasteiger partial charge on any atom is 0.127 e. The second kappa shape index (κ2) is 3.72. The van der Waals surface area contributed by atoms with Crippen molar-refractivity contribution in [1.82, 2.24) is 9.97 Å². The Labute approximate surface area is 87.1 Å². The Bertz CT molecular complexity index is 419. The molecule has 0 fully saturated rings. The molecule has 0 aliphatic rings. The summed E-state index contributed by atoms with van der Waals surface area (Å²) in [6.45, 7) is 1.91. The molecule has 0 radical (unpaired) electrons. The minimum atomic E-state index is 0.733. The summed E-state index contributed by atoms with van der Waals surface area (Å²) in [4.78, 5) is 7.17. The molecule has 2 aromatic rings. The van der Waals surface area contributed by atoms with E-state index in [-0.39, 0.29) is 0 Å². The maximum atomic E-state index is 5.77. The first-order valence-corrected chi connectivity index (χ1v) is 4.66. The van der Waals surface area contributed by atoms with Crippen molar-refractivity contribution in [2.24, 2.45) is 0 Å². The summed E-state index contributed by atoms with van der Waals surface area (Å²) in [7, 11) is 0. The van der Waals surface area contributed by atoms with Gasteiger partial charge < -0.3 is 10.3 Å². The smallest absolute Gasteiger partial charge is 0.127 e. The lowest BCUT2D eigenvalue weighted by molar-refractivity contribution is 1.15. The van der Waals surface area contributed by atoms with Crippen LogP contribution in [0.15, 0.2) is 30.5 Å². The van der Waals surface area contributed by atoms with E-state index in [1.807, 2.05) is 31.2 Å². The topological polar surface area (TPSA) is 40.7 Å². The van der Waals surface area contributed by atoms with Gasteiger partial charge in [0.1, 0.15) is 11.6 Å². The zero-order valence-electron chi connectivity index (χ0n) is 7.71. The molecule has 0 aliphatic heterocycles. The van der Waals surface area contributed by atoms with Crippen LogP contribution in [0.4, 0.5) is 11.5 Å². The first-order valence-electron chi connectivity index (χ1n) is 4.28. The molecule has 2 rings (SSSR count). The van der Waals surface area contributed by atoms with Crippen LogP contribution < -0.4 is 5.32 Å². The molecule has 0 aliphatic carbocycles. The summed E-state index contributed by atoms with van der Waals surface area (Å²) in [6.07, 6.45) is 1.75. The zero-order chi connectivity index (χ0) is 9.97. The summed E-state index contributed by atoms with van der Waals surface area (Å²) in [5, 5.41) is 3.91. The molecule has 0 saturated carbocycles. The average molecular weight is 208 g/mol. The van der Waals surface area contributed by atoms with Gasteiger partial charge in [-0.25, -0.2) is 4.98 Å². The van der Waals surface area contributed by atoms with E-state index in [4.69, 9.17) is 11.6 Å². The van der Waals surface area contributed by atoms with Gasteiger partial charge in [0, 0.05) is 10.7 Å². The lowest BCUT2D eigenvalue weighted by Crippen LogP contribution is -1.89. The Kier molecular flexibility index (Phi) is 2.41. The van der Waals surface area contributed by atoms with E-state index in [0.717, 1.165) is 22.4 Å². The van der Waals surface area contributed by atoms with E-state index in [1.165, 1.54) is 0 Å². The maximum absolute atomic E-state index is 5.77. The van der Waals surface area contributed by atoms with E-state index in [2.05, 4.69) is 15.3 Å². The number of hydrogen-bond acceptors (Lipinski definition) is 2. The van der Waals surface area contributed by atoms with Gasteiger partial charge in [-0.2, -0.15) is 0 Å². The molecule has 0 saturated heterocycles. The zero-order valence-corrected chi connectivity index (χ0v) is 8.47. The Morgan fingerprint density at radius 3 is 2.57 bits per heavy atom. The van der Waals surface area contributed by atoms with Crippen molar-refractivity contribution >= 4 is 23.1 Å². The lowest BCUT2D eigenvalue weighted by Gasteiger charge is -2.02. The summed E-state index contributed by atoms with van der Waals surface area (Å²) < 4.78 is 0. The molecule has 0 unspecified atom stereocenters. The Morgan fingerprint density at radius 2 is 2.00 bits per heavy atom. The van der Waals surface area contributed by atoms with Gasteiger partial charge in [-0.3, -0.25) is 0 Å². The van der Waals surface area contributed by atoms with Gasteiger partial charge in [0.25, 0.3) is 0 Å². The fraction of sp³-hybridized carbons (Fsp3) is 0.100. The van der Waals surface area contributed by atoms with Crippen LogP contribution in [0, 0.1) is 6.92 Å². The highest BCUT2D eigenvalue weighted by Gasteiger charge is 1.96. The quantitative estimate of drug-likeness (QED) is 0.795. The molecule has 4 heteroatoms. The second-order valence-corrected chi connectivity index (χ2v) is 3.45. The van der Waals surface area contributed by atoms with Gasteiger partial charge in [-0.05, 0) is 31.2 Å². The highest BCUT2D eigenvalue weighted by molar-refractivity contribution is 6.30. The third kappa shape index (κ3) is 2.06. The molecule has 3 nitrogen and oxygen atoms in total. The van der Waals surface area contributed by atoms with Crippen molar-refractivity contribution in [2.75, 3.05) is 5.32 Å². The highest BCUT2D eigenvalue weighted by atomic mass is 35.5. The predicted molar refractivity (Wildman–Crippen MR) is 58.1 cm³/mol. The first-order chi connectivity index (χ1) is 6.74. The van der Waals surface area contributed by atoms with E-state index in [1.54, 1.807) is 6.20 Å². The minimum absolute atomic E-state index is 0.733. The molecule has 0 spiro atoms. The standard InChI is InChI=1S/C10H10ClN3/c1-7-12-6-10(13-7)14-9-4-2-8(11)3-5-9/h2-6,14H,1H3,(H,12,13). The molecule has 14 heavy (non-hydrogen) atoms. The second-order valence-electron chi connectivity index (χ2n) is 3.01. The third-order valence-electron chi connectivity index (χ3n) is 1.83. The van der Waals surface area contributed by atoms with Crippen molar-refractivity contribution < 1.29 is 0 Å². The van der Waals surface area contributed by atoms with Gasteiger partial charge in [0.2, 0.25) is 0 Å². The van der Waals surface area contributed by atoms with Crippen LogP contribution in [0.25, 0.3) is 0 Å². The highest BCUT2D eigenvalue weighted by Crippen LogP contribution is 2.17. The number of nitrogens with zero attached hydrogens (tertiary/aromatic N) is 1. The molecule has 0 atom stereocenters. The number of rotatable bonds is 2. The van der Waals surface area contributed by atoms with Crippen LogP contribution in [0.3, 0.4) is 0 Å². The van der Waals surface area contributed by atoms with Crippen LogP contribution in [-0.4, -0.2) is 9.97 Å². The number of anilines is 2. The fourth-order valence-corrected chi connectivity index (χ4v) is 1.30. The first kappa shape index (κ1) is 9.09. The monoisotopic (exact) mass is 207 g/mol. The Hall–Kier alpha value is -1.48. The van der Waals surface area contributed by atoms with Crippen LogP contribution in [0.2, 0.25) is 5.02 Å². The summed E-state index contributed by atoms with van der Waals surface area (Å²) in [6, 6.07) is 7.51. The molecular weight excluding hydrogens is 198 g/mol. The van der Waals surface area contributed by atoms with Gasteiger partial charge >= 0.3 is 0 Å². The van der Waals surface area contributed by atoms with E-state index >= 15 is 0 Å². The fourth-order valence-electron chi connectivity index (χ4n) is 1.17. The number of benzene rings is 1. The number of aromatic nitrogens is 2. The van der Waals surface area contributed by atoms with E-state index in [9.17, 15) is 0 Å². The molecule has 1 aromatic heterocycles. The van der Waals surface area contributed by atoms with Crippen LogP contribution in [0.1, 0.15) is 5.82 Å². The van der Waals surface area contributed by atoms with Gasteiger partial charge in [0.15, 0.2) is 0 Å². The van der Waals surface area contributed by atoms with Crippen molar-refractivity contribution in [3.63, 3.8) is 0 Å². The van der Waals surface area contributed by atoms with Gasteiger partial charge in [0.05, 0.1) is 6.20 Å². The minimum Gasteiger partial charge on any atom is -0.340 e. The molecule has 1 heterocycles. The molecule has 2 N–H and O–H groups in total. The van der Waals surface area contributed by atoms with Crippen molar-refractivity contribution in [3.8, 4) is 0 Å². The van der Waals surface area contributed by atoms with E-state index in [0.29, 0.717) is 0 Å². The number of hydrogen-bond donors (Lipinski definition) is 2. The molecule has 72 valence electrons. The number of aryl methyl sites for hydroxylation is 1. The molecule has 0 bridgehead atoms. The van der Waals surface area contributed by atoms with Gasteiger partial charge in [-0.1, -0.05) is 11.6 Å². The van der Waals surface area contributed by atoms with Gasteiger partial charge in [-0.15, -0.1) is 0 Å². The SMILES string of the molecule is Cc1ncc(Nc2ccc(Cl)cc2)[nH]1. The number of imidazole rings is 1. The largest absolute Gasteiger partial charge is 0.340 e. The normalized spacial score (nSPS) is 10.1. The van der Waals surface area contributed by atoms with E-state index < -0.39 is 0 Å². The summed E-state index contributed by atoms with van der Waals surface area (Å²) >= 11 is 5.77. The number of aromatic amines is 1.